The number of ether oxygens (including phenoxy) is 1. The first kappa shape index (κ1) is 19.4. The monoisotopic (exact) mass is 371 g/mol. The molecule has 1 atom stereocenters. The van der Waals surface area contributed by atoms with Gasteiger partial charge in [0.05, 0.1) is 6.61 Å². The van der Waals surface area contributed by atoms with Crippen molar-refractivity contribution in [3.05, 3.63) is 29.3 Å². The van der Waals surface area contributed by atoms with Gasteiger partial charge in [0.1, 0.15) is 0 Å². The second-order valence-corrected chi connectivity index (χ2v) is 7.54. The van der Waals surface area contributed by atoms with Crippen LogP contribution in [0.25, 0.3) is 0 Å². The number of hydrogen-bond acceptors (Lipinski definition) is 4. The minimum Gasteiger partial charge on any atom is -0.396 e. The smallest absolute Gasteiger partial charge is 0.191 e. The predicted molar refractivity (Wildman–Crippen MR) is 101 cm³/mol. The Hall–Kier alpha value is -0.950. The van der Waals surface area contributed by atoms with E-state index in [-0.39, 0.29) is 12.0 Å². The molecule has 0 bridgehead atoms. The van der Waals surface area contributed by atoms with Crippen LogP contribution in [-0.2, 0) is 4.74 Å². The van der Waals surface area contributed by atoms with Gasteiger partial charge in [-0.2, -0.15) is 0 Å². The summed E-state index contributed by atoms with van der Waals surface area (Å²) in [6.45, 7) is 3.23. The Kier molecular flexibility index (Phi) is 8.18. The normalized spacial score (nSPS) is 21.0. The maximum atomic E-state index is 9.27. The Morgan fingerprint density at radius 2 is 2.17 bits per heavy atom. The van der Waals surface area contributed by atoms with Crippen molar-refractivity contribution in [2.24, 2.45) is 10.4 Å². The minimum absolute atomic E-state index is 0.0183. The molecular weight excluding hydrogens is 346 g/mol. The van der Waals surface area contributed by atoms with E-state index >= 15 is 0 Å². The SMILES string of the molecule is CN=C(NCCSc1ccc(Cl)cc1)NCC1(CCO)CCOC1. The van der Waals surface area contributed by atoms with Gasteiger partial charge in [-0.05, 0) is 37.1 Å². The molecule has 134 valence electrons. The lowest BCUT2D eigenvalue weighted by atomic mass is 9.84. The molecule has 0 spiro atoms. The molecule has 2 rings (SSSR count). The fourth-order valence-corrected chi connectivity index (χ4v) is 3.57. The molecule has 1 saturated heterocycles. The zero-order chi connectivity index (χ0) is 17.3. The van der Waals surface area contributed by atoms with Crippen LogP contribution in [-0.4, -0.2) is 56.8 Å². The largest absolute Gasteiger partial charge is 0.396 e. The molecule has 0 amide bonds. The summed E-state index contributed by atoms with van der Waals surface area (Å²) in [6, 6.07) is 7.86. The van der Waals surface area contributed by atoms with Crippen LogP contribution in [0.2, 0.25) is 5.02 Å². The Bertz CT molecular complexity index is 519. The van der Waals surface area contributed by atoms with Gasteiger partial charge in [0.15, 0.2) is 5.96 Å². The van der Waals surface area contributed by atoms with Crippen LogP contribution in [0.3, 0.4) is 0 Å². The molecule has 0 radical (unpaired) electrons. The summed E-state index contributed by atoms with van der Waals surface area (Å²) >= 11 is 7.66. The molecule has 0 saturated carbocycles. The van der Waals surface area contributed by atoms with Crippen molar-refractivity contribution in [3.63, 3.8) is 0 Å². The quantitative estimate of drug-likeness (QED) is 0.283. The Morgan fingerprint density at radius 1 is 1.38 bits per heavy atom. The lowest BCUT2D eigenvalue weighted by Gasteiger charge is -2.27. The Labute approximate surface area is 153 Å². The zero-order valence-electron chi connectivity index (χ0n) is 14.1. The van der Waals surface area contributed by atoms with E-state index in [0.29, 0.717) is 6.61 Å². The van der Waals surface area contributed by atoms with Crippen molar-refractivity contribution in [1.82, 2.24) is 10.6 Å². The molecule has 1 fully saturated rings. The number of rotatable bonds is 8. The van der Waals surface area contributed by atoms with Gasteiger partial charge in [-0.25, -0.2) is 0 Å². The van der Waals surface area contributed by atoms with E-state index in [2.05, 4.69) is 15.6 Å². The molecule has 1 unspecified atom stereocenters. The first-order chi connectivity index (χ1) is 11.7. The predicted octanol–water partition coefficient (Wildman–Crippen LogP) is 2.39. The van der Waals surface area contributed by atoms with E-state index in [4.69, 9.17) is 16.3 Å². The van der Waals surface area contributed by atoms with Crippen LogP contribution >= 0.6 is 23.4 Å². The number of aliphatic imine (C=N–C) groups is 1. The molecule has 24 heavy (non-hydrogen) atoms. The number of benzene rings is 1. The maximum absolute atomic E-state index is 9.27. The van der Waals surface area contributed by atoms with Gasteiger partial charge in [-0.3, -0.25) is 4.99 Å². The van der Waals surface area contributed by atoms with Gasteiger partial charge in [0.25, 0.3) is 0 Å². The highest BCUT2D eigenvalue weighted by atomic mass is 35.5. The van der Waals surface area contributed by atoms with Crippen molar-refractivity contribution >= 4 is 29.3 Å². The van der Waals surface area contributed by atoms with Gasteiger partial charge in [-0.1, -0.05) is 11.6 Å². The van der Waals surface area contributed by atoms with Crippen molar-refractivity contribution in [3.8, 4) is 0 Å². The first-order valence-electron chi connectivity index (χ1n) is 8.19. The highest BCUT2D eigenvalue weighted by Gasteiger charge is 2.34. The van der Waals surface area contributed by atoms with Crippen LogP contribution in [0, 0.1) is 5.41 Å². The molecule has 1 aliphatic rings. The number of nitrogens with zero attached hydrogens (tertiary/aromatic N) is 1. The third-order valence-electron chi connectivity index (χ3n) is 4.16. The van der Waals surface area contributed by atoms with E-state index in [0.717, 1.165) is 49.3 Å². The van der Waals surface area contributed by atoms with Crippen LogP contribution in [0.15, 0.2) is 34.2 Å². The maximum Gasteiger partial charge on any atom is 0.191 e. The lowest BCUT2D eigenvalue weighted by Crippen LogP contribution is -2.45. The van der Waals surface area contributed by atoms with Gasteiger partial charge in [-0.15, -0.1) is 11.8 Å². The molecular formula is C17H26ClN3O2S. The van der Waals surface area contributed by atoms with Crippen molar-refractivity contribution in [2.75, 3.05) is 45.7 Å². The number of halogens is 1. The van der Waals surface area contributed by atoms with Gasteiger partial charge in [0.2, 0.25) is 0 Å². The van der Waals surface area contributed by atoms with E-state index in [1.165, 1.54) is 4.90 Å². The van der Waals surface area contributed by atoms with E-state index in [9.17, 15) is 5.11 Å². The van der Waals surface area contributed by atoms with Crippen LogP contribution < -0.4 is 10.6 Å². The summed E-state index contributed by atoms with van der Waals surface area (Å²) in [7, 11) is 1.77. The summed E-state index contributed by atoms with van der Waals surface area (Å²) in [4.78, 5) is 5.46. The Balaban J connectivity index is 1.69. The molecule has 5 nitrogen and oxygen atoms in total. The molecule has 0 aliphatic carbocycles. The number of aliphatic hydroxyl groups excluding tert-OH is 1. The third-order valence-corrected chi connectivity index (χ3v) is 5.42. The number of aliphatic hydroxyl groups is 1. The van der Waals surface area contributed by atoms with Gasteiger partial charge >= 0.3 is 0 Å². The summed E-state index contributed by atoms with van der Waals surface area (Å²) < 4.78 is 5.51. The van der Waals surface area contributed by atoms with Crippen molar-refractivity contribution in [2.45, 2.75) is 17.7 Å². The number of hydrogen-bond donors (Lipinski definition) is 3. The van der Waals surface area contributed by atoms with Gasteiger partial charge in [0, 0.05) is 54.4 Å². The average Bonchev–Trinajstić information content (AvgIpc) is 3.05. The molecule has 1 aromatic rings. The van der Waals surface area contributed by atoms with E-state index in [1.54, 1.807) is 18.8 Å². The highest BCUT2D eigenvalue weighted by molar-refractivity contribution is 7.99. The molecule has 1 aromatic carbocycles. The lowest BCUT2D eigenvalue weighted by molar-refractivity contribution is 0.127. The highest BCUT2D eigenvalue weighted by Crippen LogP contribution is 2.31. The molecule has 7 heteroatoms. The van der Waals surface area contributed by atoms with Crippen LogP contribution in [0.1, 0.15) is 12.8 Å². The van der Waals surface area contributed by atoms with E-state index < -0.39 is 0 Å². The standard InChI is InChI=1S/C17H26ClN3O2S/c1-19-16(21-12-17(6-9-22)7-10-23-13-17)20-8-11-24-15-4-2-14(18)3-5-15/h2-5,22H,6-13H2,1H3,(H2,19,20,21). The Morgan fingerprint density at radius 3 is 2.79 bits per heavy atom. The molecule has 1 heterocycles. The average molecular weight is 372 g/mol. The molecule has 0 aromatic heterocycles. The summed E-state index contributed by atoms with van der Waals surface area (Å²) in [6.07, 6.45) is 1.73. The first-order valence-corrected chi connectivity index (χ1v) is 9.55. The minimum atomic E-state index is 0.0183. The van der Waals surface area contributed by atoms with Crippen molar-refractivity contribution < 1.29 is 9.84 Å². The second-order valence-electron chi connectivity index (χ2n) is 5.93. The number of guanidine groups is 1. The second kappa shape index (κ2) is 10.1. The summed E-state index contributed by atoms with van der Waals surface area (Å²) in [5.74, 6) is 1.73. The summed E-state index contributed by atoms with van der Waals surface area (Å²) in [5, 5.41) is 16.7. The van der Waals surface area contributed by atoms with E-state index in [1.807, 2.05) is 24.3 Å². The van der Waals surface area contributed by atoms with Crippen LogP contribution in [0.5, 0.6) is 0 Å². The zero-order valence-corrected chi connectivity index (χ0v) is 15.6. The van der Waals surface area contributed by atoms with Crippen molar-refractivity contribution in [1.29, 1.82) is 0 Å². The molecule has 1 aliphatic heterocycles. The molecule has 3 N–H and O–H groups in total. The fraction of sp³-hybridized carbons (Fsp3) is 0.588. The number of nitrogens with one attached hydrogen (secondary N) is 2. The van der Waals surface area contributed by atoms with Crippen LogP contribution in [0.4, 0.5) is 0 Å². The van der Waals surface area contributed by atoms with Gasteiger partial charge < -0.3 is 20.5 Å². The fourth-order valence-electron chi connectivity index (χ4n) is 2.67. The topological polar surface area (TPSA) is 65.9 Å². The number of thioether (sulfide) groups is 1. The summed E-state index contributed by atoms with van der Waals surface area (Å²) in [5.41, 5.74) is 0.0183. The third kappa shape index (κ3) is 6.16.